The number of hydrogen-bond donors (Lipinski definition) is 2. The first-order valence-corrected chi connectivity index (χ1v) is 7.97. The molecule has 1 aromatic heterocycles. The smallest absolute Gasteiger partial charge is 0.175 e. The molecule has 0 unspecified atom stereocenters. The zero-order chi connectivity index (χ0) is 16.4. The van der Waals surface area contributed by atoms with Gasteiger partial charge in [-0.15, -0.1) is 0 Å². The number of rotatable bonds is 2. The van der Waals surface area contributed by atoms with Crippen LogP contribution < -0.4 is 10.6 Å². The number of thiocarbonyl (C=S) groups is 1. The first-order chi connectivity index (χ1) is 11.8. The topological polar surface area (TPSA) is 49.8 Å². The van der Waals surface area contributed by atoms with Gasteiger partial charge in [-0.2, -0.15) is 10.2 Å². The van der Waals surface area contributed by atoms with Crippen molar-refractivity contribution in [3.8, 4) is 0 Å². The molecule has 2 N–H and O–H groups in total. The van der Waals surface area contributed by atoms with Crippen LogP contribution in [0.1, 0.15) is 0 Å². The van der Waals surface area contributed by atoms with Crippen molar-refractivity contribution in [3.63, 3.8) is 0 Å². The number of nitrogens with zero attached hydrogens (tertiary/aromatic N) is 2. The molecule has 0 aliphatic carbocycles. The van der Waals surface area contributed by atoms with Crippen LogP contribution in [-0.2, 0) is 0 Å². The summed E-state index contributed by atoms with van der Waals surface area (Å²) >= 11 is 5.49. The molecule has 5 heteroatoms. The number of fused-ring (bicyclic) bond motifs is 2. The van der Waals surface area contributed by atoms with Gasteiger partial charge in [-0.05, 0) is 29.7 Å². The molecular weight excluding hydrogens is 316 g/mol. The molecule has 0 atom stereocenters. The summed E-state index contributed by atoms with van der Waals surface area (Å²) in [6.07, 6.45) is 3.47. The van der Waals surface area contributed by atoms with Gasteiger partial charge >= 0.3 is 0 Å². The van der Waals surface area contributed by atoms with Gasteiger partial charge in [-0.3, -0.25) is 0 Å². The largest absolute Gasteiger partial charge is 0.332 e. The average molecular weight is 330 g/mol. The molecule has 0 saturated heterocycles. The third kappa shape index (κ3) is 2.77. The van der Waals surface area contributed by atoms with Crippen molar-refractivity contribution in [1.29, 1.82) is 0 Å². The molecule has 24 heavy (non-hydrogen) atoms. The van der Waals surface area contributed by atoms with E-state index in [0.29, 0.717) is 5.11 Å². The maximum atomic E-state index is 5.49. The van der Waals surface area contributed by atoms with Crippen molar-refractivity contribution in [3.05, 3.63) is 73.1 Å². The predicted octanol–water partition coefficient (Wildman–Crippen LogP) is 4.59. The van der Waals surface area contributed by atoms with Crippen molar-refractivity contribution in [2.75, 3.05) is 10.6 Å². The Morgan fingerprint density at radius 3 is 2.12 bits per heavy atom. The van der Waals surface area contributed by atoms with Crippen LogP contribution in [0.4, 0.5) is 11.4 Å². The molecule has 116 valence electrons. The van der Waals surface area contributed by atoms with Gasteiger partial charge < -0.3 is 10.6 Å². The van der Waals surface area contributed by atoms with Crippen molar-refractivity contribution in [1.82, 2.24) is 10.2 Å². The Morgan fingerprint density at radius 2 is 1.29 bits per heavy atom. The Kier molecular flexibility index (Phi) is 3.76. The molecule has 0 fully saturated rings. The zero-order valence-electron chi connectivity index (χ0n) is 12.7. The third-order valence-electron chi connectivity index (χ3n) is 3.88. The molecule has 4 nitrogen and oxygen atoms in total. The molecule has 0 saturated carbocycles. The van der Waals surface area contributed by atoms with Crippen LogP contribution in [0.3, 0.4) is 0 Å². The van der Waals surface area contributed by atoms with Gasteiger partial charge in [0.25, 0.3) is 0 Å². The van der Waals surface area contributed by atoms with E-state index in [2.05, 4.69) is 39.0 Å². The molecule has 0 spiro atoms. The lowest BCUT2D eigenvalue weighted by Gasteiger charge is -2.13. The van der Waals surface area contributed by atoms with E-state index in [9.17, 15) is 0 Å². The summed E-state index contributed by atoms with van der Waals surface area (Å²) in [6.45, 7) is 0. The maximum Gasteiger partial charge on any atom is 0.175 e. The van der Waals surface area contributed by atoms with E-state index in [1.165, 1.54) is 5.39 Å². The molecule has 0 amide bonds. The highest BCUT2D eigenvalue weighted by Crippen LogP contribution is 2.24. The standard InChI is InChI=1S/C19H14N4S/c24-19(22-17-9-3-6-13-5-1-2-8-15(13)17)23-18-10-4-7-14-11-20-21-12-16(14)18/h1-12H,(H2,22,23,24). The summed E-state index contributed by atoms with van der Waals surface area (Å²) in [5.74, 6) is 0. The summed E-state index contributed by atoms with van der Waals surface area (Å²) < 4.78 is 0. The van der Waals surface area contributed by atoms with Crippen LogP contribution in [0.15, 0.2) is 73.1 Å². The van der Waals surface area contributed by atoms with Gasteiger partial charge in [0.2, 0.25) is 0 Å². The van der Waals surface area contributed by atoms with E-state index < -0.39 is 0 Å². The van der Waals surface area contributed by atoms with Crippen LogP contribution in [0.25, 0.3) is 21.5 Å². The SMILES string of the molecule is S=C(Nc1cccc2ccccc12)Nc1cccc2cnncc12. The molecule has 1 heterocycles. The number of anilines is 2. The van der Waals surface area contributed by atoms with Gasteiger partial charge in [0.15, 0.2) is 5.11 Å². The monoisotopic (exact) mass is 330 g/mol. The molecule has 4 aromatic rings. The molecule has 3 aromatic carbocycles. The number of benzene rings is 3. The van der Waals surface area contributed by atoms with Crippen molar-refractivity contribution >= 4 is 50.2 Å². The second kappa shape index (κ2) is 6.22. The zero-order valence-corrected chi connectivity index (χ0v) is 13.5. The Morgan fingerprint density at radius 1 is 0.667 bits per heavy atom. The van der Waals surface area contributed by atoms with Crippen molar-refractivity contribution in [2.24, 2.45) is 0 Å². The normalized spacial score (nSPS) is 10.7. The predicted molar refractivity (Wildman–Crippen MR) is 103 cm³/mol. The van der Waals surface area contributed by atoms with Crippen molar-refractivity contribution in [2.45, 2.75) is 0 Å². The van der Waals surface area contributed by atoms with Crippen LogP contribution >= 0.6 is 12.2 Å². The van der Waals surface area contributed by atoms with Gasteiger partial charge in [0.1, 0.15) is 0 Å². The van der Waals surface area contributed by atoms with E-state index in [1.807, 2.05) is 42.5 Å². The fourth-order valence-corrected chi connectivity index (χ4v) is 2.97. The maximum absolute atomic E-state index is 5.49. The third-order valence-corrected chi connectivity index (χ3v) is 4.08. The quantitative estimate of drug-likeness (QED) is 0.526. The minimum absolute atomic E-state index is 0.538. The average Bonchev–Trinajstić information content (AvgIpc) is 2.62. The Balaban J connectivity index is 1.62. The minimum Gasteiger partial charge on any atom is -0.332 e. The minimum atomic E-state index is 0.538. The number of aromatic nitrogens is 2. The van der Waals surface area contributed by atoms with Crippen LogP contribution in [0, 0.1) is 0 Å². The van der Waals surface area contributed by atoms with Crippen LogP contribution in [-0.4, -0.2) is 15.3 Å². The first-order valence-electron chi connectivity index (χ1n) is 7.56. The molecule has 4 rings (SSSR count). The van der Waals surface area contributed by atoms with Crippen LogP contribution in [0.2, 0.25) is 0 Å². The van der Waals surface area contributed by atoms with Crippen LogP contribution in [0.5, 0.6) is 0 Å². The first kappa shape index (κ1) is 14.5. The summed E-state index contributed by atoms with van der Waals surface area (Å²) in [7, 11) is 0. The lowest BCUT2D eigenvalue weighted by atomic mass is 10.1. The Hall–Kier alpha value is -3.05. The molecule has 0 radical (unpaired) electrons. The van der Waals surface area contributed by atoms with Gasteiger partial charge in [0, 0.05) is 27.5 Å². The summed E-state index contributed by atoms with van der Waals surface area (Å²) in [4.78, 5) is 0. The highest BCUT2D eigenvalue weighted by atomic mass is 32.1. The van der Waals surface area contributed by atoms with E-state index in [-0.39, 0.29) is 0 Å². The lowest BCUT2D eigenvalue weighted by molar-refractivity contribution is 1.05. The number of hydrogen-bond acceptors (Lipinski definition) is 3. The molecule has 0 aliphatic rings. The Bertz CT molecular complexity index is 952. The van der Waals surface area contributed by atoms with Crippen molar-refractivity contribution < 1.29 is 0 Å². The number of nitrogens with one attached hydrogen (secondary N) is 2. The second-order valence-electron chi connectivity index (χ2n) is 5.40. The summed E-state index contributed by atoms with van der Waals surface area (Å²) in [6, 6.07) is 20.3. The second-order valence-corrected chi connectivity index (χ2v) is 5.81. The highest BCUT2D eigenvalue weighted by molar-refractivity contribution is 7.80. The fourth-order valence-electron chi connectivity index (χ4n) is 2.75. The van der Waals surface area contributed by atoms with E-state index >= 15 is 0 Å². The summed E-state index contributed by atoms with van der Waals surface area (Å²) in [5.41, 5.74) is 1.88. The highest BCUT2D eigenvalue weighted by Gasteiger charge is 2.05. The van der Waals surface area contributed by atoms with E-state index in [4.69, 9.17) is 12.2 Å². The van der Waals surface area contributed by atoms with Gasteiger partial charge in [-0.25, -0.2) is 0 Å². The molecular formula is C19H14N4S. The van der Waals surface area contributed by atoms with Gasteiger partial charge in [0.05, 0.1) is 12.4 Å². The molecule has 0 aliphatic heterocycles. The molecule has 0 bridgehead atoms. The van der Waals surface area contributed by atoms with E-state index in [0.717, 1.165) is 27.5 Å². The van der Waals surface area contributed by atoms with Gasteiger partial charge in [-0.1, -0.05) is 48.5 Å². The fraction of sp³-hybridized carbons (Fsp3) is 0. The lowest BCUT2D eigenvalue weighted by Crippen LogP contribution is -2.19. The summed E-state index contributed by atoms with van der Waals surface area (Å²) in [5, 5.41) is 19.2. The van der Waals surface area contributed by atoms with E-state index in [1.54, 1.807) is 12.4 Å². The Labute approximate surface area is 144 Å².